The van der Waals surface area contributed by atoms with Gasteiger partial charge in [0.1, 0.15) is 0 Å². The van der Waals surface area contributed by atoms with Gasteiger partial charge in [-0.1, -0.05) is 18.2 Å². The molecular weight excluding hydrogens is 422 g/mol. The van der Waals surface area contributed by atoms with E-state index < -0.39 is 0 Å². The third-order valence-electron chi connectivity index (χ3n) is 4.70. The predicted octanol–water partition coefficient (Wildman–Crippen LogP) is 3.37. The van der Waals surface area contributed by atoms with Crippen molar-refractivity contribution in [3.05, 3.63) is 60.8 Å². The number of aryl methyl sites for hydroxylation is 1. The molecule has 0 aliphatic heterocycles. The van der Waals surface area contributed by atoms with Gasteiger partial charge in [0.05, 0.1) is 37.1 Å². The fraction of sp³-hybridized carbons (Fsp3) is 0.227. The van der Waals surface area contributed by atoms with Gasteiger partial charge in [0.15, 0.2) is 17.4 Å². The van der Waals surface area contributed by atoms with Crippen molar-refractivity contribution in [3.63, 3.8) is 0 Å². The summed E-state index contributed by atoms with van der Waals surface area (Å²) in [7, 11) is 1.83. The largest absolute Gasteiger partial charge is 0.490 e. The van der Waals surface area contributed by atoms with E-state index in [1.807, 2.05) is 37.5 Å². The quantitative estimate of drug-likeness (QED) is 0.249. The van der Waals surface area contributed by atoms with Crippen LogP contribution in [0.25, 0.3) is 22.6 Å². The molecule has 1 aromatic carbocycles. The SMILES string of the molecule is Cn1cc(-c2cnc(N=N)c(NCc3cccc(-c4ncc(OCCCO)cn4)c3)n2)cn1. The van der Waals surface area contributed by atoms with Crippen LogP contribution in [0.2, 0.25) is 0 Å². The van der Waals surface area contributed by atoms with Crippen molar-refractivity contribution in [3.8, 4) is 28.4 Å². The molecule has 11 nitrogen and oxygen atoms in total. The number of ether oxygens (including phenoxy) is 1. The molecule has 0 fully saturated rings. The van der Waals surface area contributed by atoms with Crippen molar-refractivity contribution in [2.75, 3.05) is 18.5 Å². The van der Waals surface area contributed by atoms with Crippen LogP contribution in [0.5, 0.6) is 5.75 Å². The first-order chi connectivity index (χ1) is 16.2. The van der Waals surface area contributed by atoms with Crippen LogP contribution < -0.4 is 10.1 Å². The Bertz CT molecular complexity index is 1220. The third-order valence-corrected chi connectivity index (χ3v) is 4.70. The minimum atomic E-state index is 0.0798. The van der Waals surface area contributed by atoms with E-state index in [0.29, 0.717) is 42.7 Å². The van der Waals surface area contributed by atoms with E-state index in [2.05, 4.69) is 35.5 Å². The fourth-order valence-electron chi connectivity index (χ4n) is 3.08. The lowest BCUT2D eigenvalue weighted by molar-refractivity contribution is 0.233. The summed E-state index contributed by atoms with van der Waals surface area (Å²) in [6, 6.07) is 7.80. The van der Waals surface area contributed by atoms with Crippen LogP contribution in [0.3, 0.4) is 0 Å². The van der Waals surface area contributed by atoms with Crippen molar-refractivity contribution >= 4 is 11.6 Å². The van der Waals surface area contributed by atoms with Crippen molar-refractivity contribution in [1.82, 2.24) is 29.7 Å². The molecule has 3 aromatic heterocycles. The van der Waals surface area contributed by atoms with Gasteiger partial charge in [0.25, 0.3) is 0 Å². The Kier molecular flexibility index (Phi) is 6.90. The number of aliphatic hydroxyl groups is 1. The summed E-state index contributed by atoms with van der Waals surface area (Å²) in [5.41, 5.74) is 10.7. The van der Waals surface area contributed by atoms with Gasteiger partial charge >= 0.3 is 0 Å². The number of hydrogen-bond donors (Lipinski definition) is 3. The molecule has 3 heterocycles. The number of nitrogens with zero attached hydrogens (tertiary/aromatic N) is 7. The zero-order valence-electron chi connectivity index (χ0n) is 18.0. The molecule has 0 aliphatic rings. The first-order valence-electron chi connectivity index (χ1n) is 10.3. The molecule has 4 rings (SSSR count). The number of anilines is 1. The van der Waals surface area contributed by atoms with Crippen LogP contribution in [0.15, 0.2) is 60.4 Å². The first kappa shape index (κ1) is 22.0. The summed E-state index contributed by atoms with van der Waals surface area (Å²) in [5.74, 6) is 1.76. The smallest absolute Gasteiger partial charge is 0.216 e. The lowest BCUT2D eigenvalue weighted by Crippen LogP contribution is -2.04. The minimum Gasteiger partial charge on any atom is -0.490 e. The molecule has 0 spiro atoms. The monoisotopic (exact) mass is 445 g/mol. The Balaban J connectivity index is 1.47. The number of hydrogen-bond acceptors (Lipinski definition) is 10. The normalized spacial score (nSPS) is 10.7. The van der Waals surface area contributed by atoms with Gasteiger partial charge in [-0.25, -0.2) is 25.5 Å². The maximum atomic E-state index is 8.83. The highest BCUT2D eigenvalue weighted by molar-refractivity contribution is 5.64. The summed E-state index contributed by atoms with van der Waals surface area (Å²) in [6.45, 7) is 0.943. The molecule has 0 saturated heterocycles. The van der Waals surface area contributed by atoms with Gasteiger partial charge in [-0.15, -0.1) is 5.11 Å². The molecule has 0 aliphatic carbocycles. The highest BCUT2D eigenvalue weighted by Crippen LogP contribution is 2.25. The fourth-order valence-corrected chi connectivity index (χ4v) is 3.08. The number of aromatic nitrogens is 6. The minimum absolute atomic E-state index is 0.0798. The summed E-state index contributed by atoms with van der Waals surface area (Å²) >= 11 is 0. The second-order valence-corrected chi connectivity index (χ2v) is 7.16. The zero-order chi connectivity index (χ0) is 23.0. The zero-order valence-corrected chi connectivity index (χ0v) is 18.0. The van der Waals surface area contributed by atoms with Gasteiger partial charge in [0.2, 0.25) is 5.82 Å². The van der Waals surface area contributed by atoms with Crippen LogP contribution in [0.4, 0.5) is 11.6 Å². The average Bonchev–Trinajstić information content (AvgIpc) is 3.29. The molecule has 33 heavy (non-hydrogen) atoms. The van der Waals surface area contributed by atoms with Crippen LogP contribution in [0.1, 0.15) is 12.0 Å². The Morgan fingerprint density at radius 1 is 1.12 bits per heavy atom. The Hall–Kier alpha value is -4.25. The highest BCUT2D eigenvalue weighted by atomic mass is 16.5. The van der Waals surface area contributed by atoms with Gasteiger partial charge in [-0.05, 0) is 11.6 Å². The predicted molar refractivity (Wildman–Crippen MR) is 121 cm³/mol. The standard InChI is InChI=1S/C22H23N9O2/c1-31-14-17(10-28-31)19-13-27-22(30-23)21(29-19)24-9-15-4-2-5-16(8-15)20-25-11-18(12-26-20)33-7-3-6-32/h2,4-5,8,10-14,23,32H,3,6-7,9H2,1H3,(H,24,29). The average molecular weight is 445 g/mol. The molecule has 0 radical (unpaired) electrons. The van der Waals surface area contributed by atoms with Crippen molar-refractivity contribution < 1.29 is 9.84 Å². The van der Waals surface area contributed by atoms with Crippen LogP contribution in [0, 0.1) is 5.53 Å². The molecule has 0 atom stereocenters. The maximum Gasteiger partial charge on any atom is 0.216 e. The van der Waals surface area contributed by atoms with Gasteiger partial charge in [-0.3, -0.25) is 4.68 Å². The van der Waals surface area contributed by atoms with E-state index in [-0.39, 0.29) is 12.4 Å². The molecular formula is C22H23N9O2. The van der Waals surface area contributed by atoms with E-state index in [1.54, 1.807) is 29.5 Å². The highest BCUT2D eigenvalue weighted by Gasteiger charge is 2.11. The van der Waals surface area contributed by atoms with Gasteiger partial charge in [0, 0.05) is 43.9 Å². The number of nitrogens with one attached hydrogen (secondary N) is 2. The molecule has 0 amide bonds. The van der Waals surface area contributed by atoms with Crippen LogP contribution >= 0.6 is 0 Å². The number of rotatable bonds is 10. The Labute approximate surface area is 190 Å². The number of benzene rings is 1. The molecule has 0 bridgehead atoms. The molecule has 3 N–H and O–H groups in total. The molecule has 11 heteroatoms. The number of aliphatic hydroxyl groups excluding tert-OH is 1. The molecule has 4 aromatic rings. The summed E-state index contributed by atoms with van der Waals surface area (Å²) in [5, 5.41) is 19.7. The van der Waals surface area contributed by atoms with Crippen molar-refractivity contribution in [2.24, 2.45) is 12.2 Å². The molecule has 0 saturated carbocycles. The Morgan fingerprint density at radius 2 is 1.97 bits per heavy atom. The summed E-state index contributed by atoms with van der Waals surface area (Å²) < 4.78 is 7.16. The van der Waals surface area contributed by atoms with Crippen LogP contribution in [-0.2, 0) is 13.6 Å². The van der Waals surface area contributed by atoms with E-state index in [4.69, 9.17) is 15.4 Å². The summed E-state index contributed by atoms with van der Waals surface area (Å²) in [6.07, 6.45) is 8.92. The molecule has 168 valence electrons. The lowest BCUT2D eigenvalue weighted by atomic mass is 10.1. The molecule has 0 unspecified atom stereocenters. The van der Waals surface area contributed by atoms with Crippen molar-refractivity contribution in [2.45, 2.75) is 13.0 Å². The van der Waals surface area contributed by atoms with Gasteiger partial charge in [-0.2, -0.15) is 5.10 Å². The van der Waals surface area contributed by atoms with Gasteiger partial charge < -0.3 is 15.2 Å². The van der Waals surface area contributed by atoms with Crippen molar-refractivity contribution in [1.29, 1.82) is 5.53 Å². The Morgan fingerprint density at radius 3 is 2.70 bits per heavy atom. The first-order valence-corrected chi connectivity index (χ1v) is 10.3. The van der Waals surface area contributed by atoms with Crippen LogP contribution in [-0.4, -0.2) is 48.0 Å². The van der Waals surface area contributed by atoms with E-state index in [0.717, 1.165) is 16.7 Å². The third kappa shape index (κ3) is 5.52. The second kappa shape index (κ2) is 10.4. The van der Waals surface area contributed by atoms with E-state index >= 15 is 0 Å². The maximum absolute atomic E-state index is 8.83. The summed E-state index contributed by atoms with van der Waals surface area (Å²) in [4.78, 5) is 17.5. The van der Waals surface area contributed by atoms with E-state index in [1.165, 1.54) is 0 Å². The lowest BCUT2D eigenvalue weighted by Gasteiger charge is -2.10. The second-order valence-electron chi connectivity index (χ2n) is 7.16. The van der Waals surface area contributed by atoms with E-state index in [9.17, 15) is 0 Å². The topological polar surface area (TPSA) is 147 Å².